The molecular formula is C16H21FN2O4. The predicted molar refractivity (Wildman–Crippen MR) is 82.4 cm³/mol. The predicted octanol–water partition coefficient (Wildman–Crippen LogP) is 1.42. The maximum absolute atomic E-state index is 13.1. The fourth-order valence-corrected chi connectivity index (χ4v) is 2.25. The Bertz CT molecular complexity index is 561. The van der Waals surface area contributed by atoms with Gasteiger partial charge < -0.3 is 14.8 Å². The summed E-state index contributed by atoms with van der Waals surface area (Å²) in [6.45, 7) is 5.68. The zero-order valence-electron chi connectivity index (χ0n) is 13.3. The zero-order chi connectivity index (χ0) is 16.8. The van der Waals surface area contributed by atoms with Crippen molar-refractivity contribution in [2.75, 3.05) is 31.6 Å². The molecule has 1 aliphatic heterocycles. The van der Waals surface area contributed by atoms with Crippen molar-refractivity contribution in [3.05, 3.63) is 30.1 Å². The van der Waals surface area contributed by atoms with Gasteiger partial charge in [0.25, 0.3) is 5.91 Å². The lowest BCUT2D eigenvalue weighted by Gasteiger charge is -2.31. The lowest BCUT2D eigenvalue weighted by atomic mass is 10.2. The molecule has 1 N–H and O–H groups in total. The van der Waals surface area contributed by atoms with Gasteiger partial charge in [0.1, 0.15) is 11.9 Å². The van der Waals surface area contributed by atoms with Gasteiger partial charge in [-0.15, -0.1) is 0 Å². The van der Waals surface area contributed by atoms with E-state index >= 15 is 0 Å². The first-order valence-electron chi connectivity index (χ1n) is 7.56. The number of anilines is 1. The molecule has 6 nitrogen and oxygen atoms in total. The van der Waals surface area contributed by atoms with E-state index in [2.05, 4.69) is 5.32 Å². The van der Waals surface area contributed by atoms with E-state index in [0.717, 1.165) is 0 Å². The van der Waals surface area contributed by atoms with Gasteiger partial charge in [-0.05, 0) is 32.0 Å². The molecule has 126 valence electrons. The summed E-state index contributed by atoms with van der Waals surface area (Å²) >= 11 is 0. The van der Waals surface area contributed by atoms with Crippen molar-refractivity contribution < 1.29 is 23.5 Å². The number of carbonyl (C=O) groups excluding carboxylic acids is 2. The highest BCUT2D eigenvalue weighted by atomic mass is 19.1. The van der Waals surface area contributed by atoms with Gasteiger partial charge in [-0.2, -0.15) is 0 Å². The molecule has 1 aromatic carbocycles. The minimum Gasteiger partial charge on any atom is -0.451 e. The number of benzene rings is 1. The minimum atomic E-state index is -0.964. The van der Waals surface area contributed by atoms with Crippen LogP contribution in [0.25, 0.3) is 0 Å². The van der Waals surface area contributed by atoms with Gasteiger partial charge in [0.2, 0.25) is 0 Å². The second-order valence-electron chi connectivity index (χ2n) is 5.40. The van der Waals surface area contributed by atoms with Gasteiger partial charge in [-0.3, -0.25) is 14.5 Å². The molecule has 1 fully saturated rings. The van der Waals surface area contributed by atoms with E-state index in [0.29, 0.717) is 32.0 Å². The average molecular weight is 324 g/mol. The highest BCUT2D eigenvalue weighted by Gasteiger charge is 2.27. The van der Waals surface area contributed by atoms with E-state index in [-0.39, 0.29) is 0 Å². The molecule has 0 aromatic heterocycles. The van der Waals surface area contributed by atoms with Crippen molar-refractivity contribution >= 4 is 17.6 Å². The smallest absolute Gasteiger partial charge is 0.323 e. The third-order valence-corrected chi connectivity index (χ3v) is 3.69. The molecule has 0 radical (unpaired) electrons. The second kappa shape index (κ2) is 8.03. The van der Waals surface area contributed by atoms with E-state index in [1.807, 2.05) is 4.90 Å². The molecule has 0 bridgehead atoms. The van der Waals surface area contributed by atoms with Crippen molar-refractivity contribution in [1.29, 1.82) is 0 Å². The Balaban J connectivity index is 1.85. The van der Waals surface area contributed by atoms with Crippen LogP contribution in [-0.4, -0.2) is 55.2 Å². The van der Waals surface area contributed by atoms with Crippen molar-refractivity contribution in [2.45, 2.75) is 26.0 Å². The number of rotatable bonds is 5. The fourth-order valence-electron chi connectivity index (χ4n) is 2.25. The number of nitrogens with zero attached hydrogens (tertiary/aromatic N) is 1. The van der Waals surface area contributed by atoms with Crippen LogP contribution in [-0.2, 0) is 19.1 Å². The van der Waals surface area contributed by atoms with Crippen LogP contribution < -0.4 is 5.32 Å². The molecule has 0 spiro atoms. The van der Waals surface area contributed by atoms with Crippen LogP contribution in [0.5, 0.6) is 0 Å². The molecule has 0 saturated carbocycles. The lowest BCUT2D eigenvalue weighted by molar-refractivity contribution is -0.159. The molecule has 7 heteroatoms. The van der Waals surface area contributed by atoms with Crippen LogP contribution in [0.15, 0.2) is 24.3 Å². The molecule has 1 amide bonds. The Hall–Kier alpha value is -1.99. The number of nitrogens with one attached hydrogen (secondary N) is 1. The minimum absolute atomic E-state index is 0.319. The molecule has 0 unspecified atom stereocenters. The molecule has 1 heterocycles. The topological polar surface area (TPSA) is 67.9 Å². The summed E-state index contributed by atoms with van der Waals surface area (Å²) < 4.78 is 23.5. The number of hydrogen-bond acceptors (Lipinski definition) is 5. The first kappa shape index (κ1) is 17.4. The Morgan fingerprint density at radius 1 is 1.30 bits per heavy atom. The summed E-state index contributed by atoms with van der Waals surface area (Å²) in [6.07, 6.45) is -0.964. The van der Waals surface area contributed by atoms with Gasteiger partial charge in [0.15, 0.2) is 6.10 Å². The van der Waals surface area contributed by atoms with Crippen LogP contribution in [0.3, 0.4) is 0 Å². The summed E-state index contributed by atoms with van der Waals surface area (Å²) in [5.41, 5.74) is 0.319. The van der Waals surface area contributed by atoms with E-state index < -0.39 is 29.8 Å². The van der Waals surface area contributed by atoms with Crippen molar-refractivity contribution in [2.24, 2.45) is 0 Å². The van der Waals surface area contributed by atoms with E-state index in [9.17, 15) is 14.0 Å². The Morgan fingerprint density at radius 3 is 2.65 bits per heavy atom. The van der Waals surface area contributed by atoms with Gasteiger partial charge in [0.05, 0.1) is 13.2 Å². The molecule has 0 aliphatic carbocycles. The summed E-state index contributed by atoms with van der Waals surface area (Å²) in [6, 6.07) is 5.09. The van der Waals surface area contributed by atoms with Gasteiger partial charge in [-0.1, -0.05) is 6.07 Å². The van der Waals surface area contributed by atoms with Crippen molar-refractivity contribution in [3.63, 3.8) is 0 Å². The number of morpholine rings is 1. The fraction of sp³-hybridized carbons (Fsp3) is 0.500. The van der Waals surface area contributed by atoms with Gasteiger partial charge in [-0.25, -0.2) is 4.39 Å². The monoisotopic (exact) mass is 324 g/mol. The highest BCUT2D eigenvalue weighted by molar-refractivity contribution is 5.95. The number of esters is 1. The van der Waals surface area contributed by atoms with Crippen LogP contribution in [0.1, 0.15) is 13.8 Å². The lowest BCUT2D eigenvalue weighted by Crippen LogP contribution is -2.47. The van der Waals surface area contributed by atoms with E-state index in [4.69, 9.17) is 9.47 Å². The molecular weight excluding hydrogens is 303 g/mol. The van der Waals surface area contributed by atoms with E-state index in [1.54, 1.807) is 13.0 Å². The summed E-state index contributed by atoms with van der Waals surface area (Å²) in [5.74, 6) is -1.42. The number of amides is 1. The molecule has 2 atom stereocenters. The summed E-state index contributed by atoms with van der Waals surface area (Å²) in [5, 5.41) is 2.52. The maximum Gasteiger partial charge on any atom is 0.323 e. The van der Waals surface area contributed by atoms with Crippen molar-refractivity contribution in [3.8, 4) is 0 Å². The van der Waals surface area contributed by atoms with Crippen LogP contribution in [0.2, 0.25) is 0 Å². The number of hydrogen-bond donors (Lipinski definition) is 1. The number of carbonyl (C=O) groups is 2. The highest BCUT2D eigenvalue weighted by Crippen LogP contribution is 2.11. The van der Waals surface area contributed by atoms with Crippen LogP contribution in [0, 0.1) is 5.82 Å². The molecule has 1 saturated heterocycles. The number of ether oxygens (including phenoxy) is 2. The molecule has 23 heavy (non-hydrogen) atoms. The Labute approximate surface area is 134 Å². The number of halogens is 1. The standard InChI is InChI=1S/C16H21FN2O4/c1-11(19-6-8-22-9-7-19)16(21)23-12(2)15(20)18-14-5-3-4-13(17)10-14/h3-5,10-12H,6-9H2,1-2H3,(H,18,20)/t11-,12-/m0/s1. The third kappa shape index (κ3) is 5.01. The normalized spacial score (nSPS) is 18.0. The first-order valence-corrected chi connectivity index (χ1v) is 7.56. The second-order valence-corrected chi connectivity index (χ2v) is 5.40. The van der Waals surface area contributed by atoms with Crippen LogP contribution in [0.4, 0.5) is 10.1 Å². The zero-order valence-corrected chi connectivity index (χ0v) is 13.3. The first-order chi connectivity index (χ1) is 11.0. The quantitative estimate of drug-likeness (QED) is 0.830. The molecule has 2 rings (SSSR count). The van der Waals surface area contributed by atoms with Gasteiger partial charge in [0, 0.05) is 18.8 Å². The summed E-state index contributed by atoms with van der Waals surface area (Å²) in [4.78, 5) is 26.1. The van der Waals surface area contributed by atoms with Crippen LogP contribution >= 0.6 is 0 Å². The SMILES string of the molecule is C[C@H](OC(=O)[C@H](C)N1CCOCC1)C(=O)Nc1cccc(F)c1. The van der Waals surface area contributed by atoms with E-state index in [1.165, 1.54) is 25.1 Å². The summed E-state index contributed by atoms with van der Waals surface area (Å²) in [7, 11) is 0. The average Bonchev–Trinajstić information content (AvgIpc) is 2.54. The Kier molecular flexibility index (Phi) is 6.06. The molecule has 1 aromatic rings. The van der Waals surface area contributed by atoms with Crippen molar-refractivity contribution in [1.82, 2.24) is 4.90 Å². The Morgan fingerprint density at radius 2 is 2.00 bits per heavy atom. The third-order valence-electron chi connectivity index (χ3n) is 3.69. The maximum atomic E-state index is 13.1. The van der Waals surface area contributed by atoms with Gasteiger partial charge >= 0.3 is 5.97 Å². The largest absolute Gasteiger partial charge is 0.451 e. The molecule has 1 aliphatic rings.